The van der Waals surface area contributed by atoms with E-state index in [-0.39, 0.29) is 22.8 Å². The molecular weight excluding hydrogens is 461 g/mol. The molecule has 4 N–H and O–H groups in total. The molecule has 172 valence electrons. The van der Waals surface area contributed by atoms with Gasteiger partial charge in [0.1, 0.15) is 17.2 Å². The second-order valence-electron chi connectivity index (χ2n) is 7.14. The Morgan fingerprint density at radius 1 is 1.15 bits per heavy atom. The maximum absolute atomic E-state index is 13.1. The highest BCUT2D eigenvalue weighted by molar-refractivity contribution is 6.35. The molecule has 0 aliphatic rings. The highest BCUT2D eigenvalue weighted by Gasteiger charge is 2.15. The molecule has 3 aromatic heterocycles. The molecule has 0 fully saturated rings. The largest absolute Gasteiger partial charge is 0.381 e. The van der Waals surface area contributed by atoms with Crippen molar-refractivity contribution < 1.29 is 9.18 Å². The van der Waals surface area contributed by atoms with E-state index in [2.05, 4.69) is 15.1 Å². The first-order chi connectivity index (χ1) is 16.3. The van der Waals surface area contributed by atoms with Crippen LogP contribution in [0.4, 0.5) is 10.2 Å². The molecule has 3 heterocycles. The lowest BCUT2D eigenvalue weighted by molar-refractivity contribution is 0.100. The van der Waals surface area contributed by atoms with Crippen molar-refractivity contribution in [1.82, 2.24) is 24.1 Å². The van der Waals surface area contributed by atoms with E-state index in [0.717, 1.165) is 0 Å². The number of hydrogen-bond acceptors (Lipinski definition) is 6. The van der Waals surface area contributed by atoms with Crippen LogP contribution in [0.2, 0.25) is 5.02 Å². The van der Waals surface area contributed by atoms with Crippen LogP contribution in [-0.2, 0) is 6.42 Å². The fraction of sp³-hybridized carbons (Fsp3) is 0.0870. The summed E-state index contributed by atoms with van der Waals surface area (Å²) in [7, 11) is 0. The van der Waals surface area contributed by atoms with Crippen LogP contribution in [0.1, 0.15) is 23.1 Å². The number of primary amides is 1. The monoisotopic (exact) mass is 479 g/mol. The van der Waals surface area contributed by atoms with E-state index in [0.29, 0.717) is 39.5 Å². The number of nitrogens with two attached hydrogens (primary N) is 2. The Bertz CT molecular complexity index is 1580. The molecule has 2 aromatic carbocycles. The molecular formula is C23H19ClFN7O2. The fourth-order valence-corrected chi connectivity index (χ4v) is 3.72. The lowest BCUT2D eigenvalue weighted by Crippen LogP contribution is -2.23. The van der Waals surface area contributed by atoms with Crippen LogP contribution < -0.4 is 17.0 Å². The minimum Gasteiger partial charge on any atom is -0.381 e. The van der Waals surface area contributed by atoms with Crippen LogP contribution in [0.15, 0.2) is 65.7 Å². The molecule has 9 nitrogen and oxygen atoms in total. The van der Waals surface area contributed by atoms with Gasteiger partial charge in [-0.25, -0.2) is 18.9 Å². The summed E-state index contributed by atoms with van der Waals surface area (Å²) in [6.07, 6.45) is 3.77. The first-order valence-corrected chi connectivity index (χ1v) is 10.5. The van der Waals surface area contributed by atoms with Crippen molar-refractivity contribution in [3.63, 3.8) is 0 Å². The molecule has 0 saturated heterocycles. The van der Waals surface area contributed by atoms with Crippen LogP contribution in [0.25, 0.3) is 22.2 Å². The Balaban J connectivity index is 0.000000180. The van der Waals surface area contributed by atoms with Crippen LogP contribution in [-0.4, -0.2) is 30.1 Å². The number of fused-ring (bicyclic) bond motifs is 2. The lowest BCUT2D eigenvalue weighted by atomic mass is 10.2. The Labute approximate surface area is 197 Å². The van der Waals surface area contributed by atoms with Crippen molar-refractivity contribution in [3.8, 4) is 5.69 Å². The minimum absolute atomic E-state index is 0.103. The van der Waals surface area contributed by atoms with Crippen molar-refractivity contribution in [2.24, 2.45) is 5.73 Å². The van der Waals surface area contributed by atoms with Crippen molar-refractivity contribution >= 4 is 39.9 Å². The third-order valence-electron chi connectivity index (χ3n) is 4.99. The van der Waals surface area contributed by atoms with Crippen molar-refractivity contribution in [2.45, 2.75) is 13.3 Å². The molecule has 0 aliphatic carbocycles. The number of carbonyl (C=O) groups is 1. The summed E-state index contributed by atoms with van der Waals surface area (Å²) in [5.41, 5.74) is 12.1. The van der Waals surface area contributed by atoms with E-state index >= 15 is 0 Å². The molecule has 0 spiro atoms. The number of aromatic nitrogens is 5. The summed E-state index contributed by atoms with van der Waals surface area (Å²) >= 11 is 6.13. The molecule has 0 bridgehead atoms. The quantitative estimate of drug-likeness (QED) is 0.408. The molecule has 0 aliphatic heterocycles. The Hall–Kier alpha value is -4.31. The molecule has 34 heavy (non-hydrogen) atoms. The second kappa shape index (κ2) is 9.28. The third kappa shape index (κ3) is 4.18. The summed E-state index contributed by atoms with van der Waals surface area (Å²) in [4.78, 5) is 32.1. The van der Waals surface area contributed by atoms with E-state index in [1.807, 2.05) is 6.92 Å². The zero-order valence-electron chi connectivity index (χ0n) is 17.9. The smallest absolute Gasteiger partial charge is 0.267 e. The predicted octanol–water partition coefficient (Wildman–Crippen LogP) is 3.15. The summed E-state index contributed by atoms with van der Waals surface area (Å²) in [6, 6.07) is 12.6. The predicted molar refractivity (Wildman–Crippen MR) is 128 cm³/mol. The maximum atomic E-state index is 13.1. The second-order valence-corrected chi connectivity index (χ2v) is 7.55. The van der Waals surface area contributed by atoms with E-state index in [1.165, 1.54) is 21.2 Å². The molecule has 0 radical (unpaired) electrons. The molecule has 5 aromatic rings. The van der Waals surface area contributed by atoms with Gasteiger partial charge in [-0.2, -0.15) is 0 Å². The number of carbonyl (C=O) groups excluding carboxylic acids is 1. The van der Waals surface area contributed by atoms with Gasteiger partial charge in [0.2, 0.25) is 0 Å². The normalized spacial score (nSPS) is 10.8. The number of hydrogen-bond donors (Lipinski definition) is 2. The van der Waals surface area contributed by atoms with Gasteiger partial charge >= 0.3 is 0 Å². The van der Waals surface area contributed by atoms with Crippen LogP contribution in [0.3, 0.4) is 0 Å². The van der Waals surface area contributed by atoms with Crippen molar-refractivity contribution in [1.29, 1.82) is 0 Å². The van der Waals surface area contributed by atoms with Gasteiger partial charge < -0.3 is 11.5 Å². The van der Waals surface area contributed by atoms with Gasteiger partial charge in [0.15, 0.2) is 11.5 Å². The number of aryl methyl sites for hydroxylation is 1. The summed E-state index contributed by atoms with van der Waals surface area (Å²) < 4.78 is 16.0. The first-order valence-electron chi connectivity index (χ1n) is 10.2. The SMILES string of the molecule is CCc1nc2cccc(Cl)c2c(=O)n1-c1ccc(F)cc1.NC(=O)c1c(N)nn2cccnc12. The van der Waals surface area contributed by atoms with Gasteiger partial charge in [-0.3, -0.25) is 14.2 Å². The van der Waals surface area contributed by atoms with Gasteiger partial charge in [0.05, 0.1) is 21.6 Å². The molecule has 5 rings (SSSR count). The summed E-state index contributed by atoms with van der Waals surface area (Å²) in [5.74, 6) is -0.254. The number of rotatable bonds is 3. The highest BCUT2D eigenvalue weighted by Crippen LogP contribution is 2.20. The average Bonchev–Trinajstić information content (AvgIpc) is 3.16. The number of benzene rings is 2. The summed E-state index contributed by atoms with van der Waals surface area (Å²) in [5, 5.41) is 4.61. The van der Waals surface area contributed by atoms with E-state index < -0.39 is 5.91 Å². The molecule has 11 heteroatoms. The van der Waals surface area contributed by atoms with Gasteiger partial charge in [-0.1, -0.05) is 24.6 Å². The Morgan fingerprint density at radius 2 is 1.88 bits per heavy atom. The fourth-order valence-electron chi connectivity index (χ4n) is 3.47. The topological polar surface area (TPSA) is 134 Å². The first kappa shape index (κ1) is 22.9. The lowest BCUT2D eigenvalue weighted by Gasteiger charge is -2.13. The summed E-state index contributed by atoms with van der Waals surface area (Å²) in [6.45, 7) is 1.91. The number of nitrogens with zero attached hydrogens (tertiary/aromatic N) is 5. The minimum atomic E-state index is -0.619. The van der Waals surface area contributed by atoms with Gasteiger partial charge in [0.25, 0.3) is 11.5 Å². The zero-order valence-corrected chi connectivity index (χ0v) is 18.7. The average molecular weight is 480 g/mol. The van der Waals surface area contributed by atoms with E-state index in [4.69, 9.17) is 23.1 Å². The highest BCUT2D eigenvalue weighted by atomic mass is 35.5. The van der Waals surface area contributed by atoms with Gasteiger partial charge in [-0.15, -0.1) is 5.10 Å². The third-order valence-corrected chi connectivity index (χ3v) is 5.30. The number of anilines is 1. The number of halogens is 2. The molecule has 0 saturated carbocycles. The van der Waals surface area contributed by atoms with Crippen molar-refractivity contribution in [2.75, 3.05) is 5.73 Å². The van der Waals surface area contributed by atoms with Gasteiger partial charge in [0, 0.05) is 18.8 Å². The van der Waals surface area contributed by atoms with Crippen molar-refractivity contribution in [3.05, 3.63) is 93.5 Å². The van der Waals surface area contributed by atoms with Crippen LogP contribution >= 0.6 is 11.6 Å². The van der Waals surface area contributed by atoms with Crippen LogP contribution in [0, 0.1) is 5.82 Å². The number of amides is 1. The Kier molecular flexibility index (Phi) is 6.24. The Morgan fingerprint density at radius 3 is 2.56 bits per heavy atom. The molecule has 0 atom stereocenters. The zero-order chi connectivity index (χ0) is 24.4. The van der Waals surface area contributed by atoms with E-state index in [1.54, 1.807) is 48.8 Å². The van der Waals surface area contributed by atoms with Gasteiger partial charge in [-0.05, 0) is 42.5 Å². The van der Waals surface area contributed by atoms with Crippen LogP contribution in [0.5, 0.6) is 0 Å². The standard InChI is InChI=1S/C16H12ClFN2O.C7H7N5O/c1-2-14-19-13-5-3-4-12(17)15(13)16(21)20(14)11-8-6-10(18)7-9-11;8-5-4(6(9)13)7-10-2-1-3-12(7)11-5/h3-9H,2H2,1H3;1-3H,(H2,8,11)(H2,9,13). The molecule has 1 amide bonds. The van der Waals surface area contributed by atoms with E-state index in [9.17, 15) is 14.0 Å². The molecule has 0 unspecified atom stereocenters. The maximum Gasteiger partial charge on any atom is 0.267 e. The number of nitrogen functional groups attached to an aromatic ring is 1.